The highest BCUT2D eigenvalue weighted by Gasteiger charge is 2.65. The molecule has 1 saturated carbocycles. The van der Waals surface area contributed by atoms with Crippen LogP contribution in [-0.4, -0.2) is 44.8 Å². The molecule has 1 atom stereocenters. The summed E-state index contributed by atoms with van der Waals surface area (Å²) in [6.45, 7) is 0.896. The number of carbonyl (C=O) groups excluding carboxylic acids is 1. The highest BCUT2D eigenvalue weighted by Crippen LogP contribution is 2.60. The minimum absolute atomic E-state index is 0.0177. The van der Waals surface area contributed by atoms with Crippen molar-refractivity contribution < 1.29 is 49.2 Å². The fourth-order valence-electron chi connectivity index (χ4n) is 4.08. The zero-order valence-corrected chi connectivity index (χ0v) is 22.1. The number of hydrogen-bond acceptors (Lipinski definition) is 8. The Morgan fingerprint density at radius 1 is 1.12 bits per heavy atom. The second-order valence-electron chi connectivity index (χ2n) is 9.18. The minimum Gasteiger partial charge on any atom is -0.489 e. The smallest absolute Gasteiger partial charge is 0.435 e. The average Bonchev–Trinajstić information content (AvgIpc) is 3.65. The third-order valence-electron chi connectivity index (χ3n) is 6.37. The van der Waals surface area contributed by atoms with Gasteiger partial charge in [0.05, 0.1) is 22.3 Å². The van der Waals surface area contributed by atoms with Crippen LogP contribution >= 0.6 is 0 Å². The minimum atomic E-state index is -5.05. The van der Waals surface area contributed by atoms with Crippen LogP contribution in [-0.2, 0) is 21.3 Å². The maximum Gasteiger partial charge on any atom is 0.435 e. The Morgan fingerprint density at radius 2 is 1.78 bits per heavy atom. The van der Waals surface area contributed by atoms with Crippen LogP contribution in [0, 0.1) is 17.5 Å². The Kier molecular flexibility index (Phi) is 7.39. The fraction of sp³-hybridized carbons (Fsp3) is 0.333. The molecule has 2 heterocycles. The van der Waals surface area contributed by atoms with Crippen molar-refractivity contribution in [2.75, 3.05) is 18.7 Å². The molecule has 0 saturated heterocycles. The van der Waals surface area contributed by atoms with E-state index in [4.69, 9.17) is 14.3 Å². The van der Waals surface area contributed by atoms with E-state index in [1.54, 1.807) is 0 Å². The van der Waals surface area contributed by atoms with Crippen LogP contribution in [0.15, 0.2) is 35.4 Å². The van der Waals surface area contributed by atoms with Gasteiger partial charge in [-0.3, -0.25) is 4.79 Å². The molecule has 4 rings (SSSR count). The predicted octanol–water partition coefficient (Wildman–Crippen LogP) is 6.02. The van der Waals surface area contributed by atoms with Gasteiger partial charge in [-0.15, -0.1) is 10.2 Å². The molecule has 17 heteroatoms. The summed E-state index contributed by atoms with van der Waals surface area (Å²) < 4.78 is 127. The number of rotatable bonds is 7. The lowest BCUT2D eigenvalue weighted by atomic mass is 9.96. The van der Waals surface area contributed by atoms with E-state index in [2.05, 4.69) is 20.5 Å². The first-order chi connectivity index (χ1) is 18.9. The molecule has 0 bridgehead atoms. The van der Waals surface area contributed by atoms with Gasteiger partial charge >= 0.3 is 12.4 Å². The fourth-order valence-corrected chi connectivity index (χ4v) is 4.77. The van der Waals surface area contributed by atoms with E-state index in [1.165, 1.54) is 24.3 Å². The molecule has 220 valence electrons. The lowest BCUT2D eigenvalue weighted by Crippen LogP contribution is -2.30. The molecule has 9 nitrogen and oxygen atoms in total. The number of nitrogens with one attached hydrogen (secondary N) is 2. The van der Waals surface area contributed by atoms with Gasteiger partial charge in [-0.25, -0.2) is 18.4 Å². The molecule has 0 radical (unpaired) electrons. The summed E-state index contributed by atoms with van der Waals surface area (Å²) in [4.78, 5) is 16.9. The van der Waals surface area contributed by atoms with E-state index < -0.39 is 79.1 Å². The molecule has 2 N–H and O–H groups in total. The van der Waals surface area contributed by atoms with Crippen LogP contribution in [0.5, 0.6) is 17.5 Å². The number of anilines is 1. The first-order valence-electron chi connectivity index (χ1n) is 11.5. The van der Waals surface area contributed by atoms with E-state index in [0.29, 0.717) is 6.20 Å². The molecule has 1 aromatic carbocycles. The van der Waals surface area contributed by atoms with Gasteiger partial charge in [0.25, 0.3) is 17.7 Å². The first kappa shape index (κ1) is 30.0. The van der Waals surface area contributed by atoms with Crippen LogP contribution in [0.3, 0.4) is 0 Å². The summed E-state index contributed by atoms with van der Waals surface area (Å²) >= 11 is 0. The Balaban J connectivity index is 1.79. The average molecular weight is 608 g/mol. The number of carbonyl (C=O) groups is 1. The second kappa shape index (κ2) is 10.1. The highest BCUT2D eigenvalue weighted by atomic mass is 32.2. The Hall–Kier alpha value is -4.02. The van der Waals surface area contributed by atoms with Crippen molar-refractivity contribution in [2.45, 2.75) is 42.4 Å². The number of benzene rings is 1. The molecule has 1 fully saturated rings. The number of ether oxygens (including phenoxy) is 2. The molecule has 1 aliphatic carbocycles. The second-order valence-corrected chi connectivity index (χ2v) is 11.3. The van der Waals surface area contributed by atoms with E-state index >= 15 is 4.39 Å². The number of alkyl halides is 6. The number of nitrogens with zero attached hydrogens (tertiary/aromatic N) is 3. The molecular formula is C24H20F7N5O4S. The number of methoxy groups -OCH3 is 1. The Morgan fingerprint density at radius 3 is 2.32 bits per heavy atom. The van der Waals surface area contributed by atoms with Crippen LogP contribution in [0.2, 0.25) is 0 Å². The SMILES string of the molecule is COc1c(Oc2nnc(C(F)(F)F)c(C)c2C(=O)Nc2cccc(S(C)(=N)=O)c2)ncc(C2(C(F)(F)F)CC2)c1F. The Bertz CT molecular complexity index is 1640. The van der Waals surface area contributed by atoms with Gasteiger partial charge in [-0.2, -0.15) is 26.3 Å². The lowest BCUT2D eigenvalue weighted by Gasteiger charge is -2.21. The number of amides is 1. The lowest BCUT2D eigenvalue weighted by molar-refractivity contribution is -0.161. The molecule has 3 aromatic rings. The Labute approximate surface area is 228 Å². The van der Waals surface area contributed by atoms with Gasteiger partial charge in [0.2, 0.25) is 5.75 Å². The summed E-state index contributed by atoms with van der Waals surface area (Å²) in [5.74, 6) is -5.28. The standard InChI is InChI=1S/C24H20F7N5O4S/c1-11-15(19(37)34-12-5-4-6-13(9-12)41(3,32)38)20(36-35-18(11)23(26,27)28)40-21-17(39-2)16(25)14(10-33-21)22(7-8-22)24(29,30)31/h4-6,9-10,32H,7-8H2,1-3H3,(H,34,37). The summed E-state index contributed by atoms with van der Waals surface area (Å²) in [7, 11) is -2.31. The van der Waals surface area contributed by atoms with Crippen LogP contribution < -0.4 is 14.8 Å². The van der Waals surface area contributed by atoms with Crippen LogP contribution in [0.25, 0.3) is 0 Å². The maximum absolute atomic E-state index is 15.2. The van der Waals surface area contributed by atoms with E-state index in [1.807, 2.05) is 0 Å². The number of hydrogen-bond donors (Lipinski definition) is 2. The molecule has 1 unspecified atom stereocenters. The third-order valence-corrected chi connectivity index (χ3v) is 7.52. The number of aromatic nitrogens is 3. The van der Waals surface area contributed by atoms with Crippen molar-refractivity contribution in [1.29, 1.82) is 4.78 Å². The summed E-state index contributed by atoms with van der Waals surface area (Å²) in [5, 5.41) is 8.68. The largest absolute Gasteiger partial charge is 0.489 e. The van der Waals surface area contributed by atoms with Crippen molar-refractivity contribution >= 4 is 21.3 Å². The summed E-state index contributed by atoms with van der Waals surface area (Å²) in [6.07, 6.45) is -8.92. The topological polar surface area (TPSA) is 127 Å². The van der Waals surface area contributed by atoms with Gasteiger partial charge < -0.3 is 14.8 Å². The quantitative estimate of drug-likeness (QED) is 0.315. The normalized spacial score (nSPS) is 16.0. The van der Waals surface area contributed by atoms with E-state index in [-0.39, 0.29) is 23.4 Å². The third kappa shape index (κ3) is 5.62. The van der Waals surface area contributed by atoms with Gasteiger partial charge in [0.15, 0.2) is 11.5 Å². The number of halogens is 7. The van der Waals surface area contributed by atoms with Gasteiger partial charge in [0.1, 0.15) is 5.56 Å². The molecule has 1 aliphatic rings. The summed E-state index contributed by atoms with van der Waals surface area (Å²) in [6, 6.07) is 5.19. The van der Waals surface area contributed by atoms with Crippen molar-refractivity contribution in [3.63, 3.8) is 0 Å². The van der Waals surface area contributed by atoms with Crippen LogP contribution in [0.1, 0.15) is 40.0 Å². The molecule has 1 amide bonds. The zero-order chi connectivity index (χ0) is 30.5. The van der Waals surface area contributed by atoms with Gasteiger partial charge in [0, 0.05) is 28.6 Å². The monoisotopic (exact) mass is 607 g/mol. The van der Waals surface area contributed by atoms with Crippen molar-refractivity contribution in [1.82, 2.24) is 15.2 Å². The molecule has 2 aromatic heterocycles. The summed E-state index contributed by atoms with van der Waals surface area (Å²) in [5.41, 5.74) is -6.43. The molecule has 0 spiro atoms. The van der Waals surface area contributed by atoms with Crippen molar-refractivity contribution in [3.05, 3.63) is 58.7 Å². The van der Waals surface area contributed by atoms with E-state index in [0.717, 1.165) is 20.3 Å². The number of pyridine rings is 1. The molecular weight excluding hydrogens is 587 g/mol. The van der Waals surface area contributed by atoms with Crippen LogP contribution in [0.4, 0.5) is 36.4 Å². The van der Waals surface area contributed by atoms with Crippen molar-refractivity contribution in [3.8, 4) is 17.5 Å². The predicted molar refractivity (Wildman–Crippen MR) is 129 cm³/mol. The highest BCUT2D eigenvalue weighted by molar-refractivity contribution is 7.91. The molecule has 0 aliphatic heterocycles. The first-order valence-corrected chi connectivity index (χ1v) is 13.4. The maximum atomic E-state index is 15.2. The van der Waals surface area contributed by atoms with Gasteiger partial charge in [-0.1, -0.05) is 6.07 Å². The van der Waals surface area contributed by atoms with E-state index in [9.17, 15) is 35.3 Å². The zero-order valence-electron chi connectivity index (χ0n) is 21.3. The van der Waals surface area contributed by atoms with Crippen molar-refractivity contribution in [2.24, 2.45) is 0 Å². The molecule has 41 heavy (non-hydrogen) atoms. The van der Waals surface area contributed by atoms with Gasteiger partial charge in [-0.05, 0) is 43.5 Å².